The van der Waals surface area contributed by atoms with Crippen molar-refractivity contribution in [1.82, 2.24) is 0 Å². The molecule has 0 spiro atoms. The van der Waals surface area contributed by atoms with E-state index in [1.165, 1.54) is 20.3 Å². The van der Waals surface area contributed by atoms with E-state index >= 15 is 0 Å². The van der Waals surface area contributed by atoms with Crippen molar-refractivity contribution in [2.24, 2.45) is 0 Å². The van der Waals surface area contributed by atoms with Gasteiger partial charge in [0, 0.05) is 5.56 Å². The molecule has 0 aliphatic heterocycles. The first kappa shape index (κ1) is 16.7. The molecule has 0 heterocycles. The summed E-state index contributed by atoms with van der Waals surface area (Å²) in [7, 11) is 4.43. The van der Waals surface area contributed by atoms with Gasteiger partial charge in [-0.15, -0.1) is 0 Å². The van der Waals surface area contributed by atoms with Crippen LogP contribution in [0.2, 0.25) is 0 Å². The van der Waals surface area contributed by atoms with E-state index in [4.69, 9.17) is 14.2 Å². The lowest BCUT2D eigenvalue weighted by Crippen LogP contribution is -2.06. The summed E-state index contributed by atoms with van der Waals surface area (Å²) in [5.41, 5.74) is 2.51. The molecule has 0 aromatic heterocycles. The number of methoxy groups -OCH3 is 3. The molecule has 0 atom stereocenters. The second-order valence-electron chi connectivity index (χ2n) is 5.17. The van der Waals surface area contributed by atoms with Crippen LogP contribution in [0.15, 0.2) is 24.3 Å². The Morgan fingerprint density at radius 3 is 1.96 bits per heavy atom. The molecule has 0 aliphatic carbocycles. The van der Waals surface area contributed by atoms with Crippen molar-refractivity contribution in [2.45, 2.75) is 13.8 Å². The molecule has 0 aliphatic rings. The monoisotopic (exact) mass is 316 g/mol. The van der Waals surface area contributed by atoms with Crippen molar-refractivity contribution >= 4 is 5.78 Å². The van der Waals surface area contributed by atoms with E-state index < -0.39 is 0 Å². The summed E-state index contributed by atoms with van der Waals surface area (Å²) in [6.07, 6.45) is 0. The molecule has 2 aromatic carbocycles. The second kappa shape index (κ2) is 6.60. The van der Waals surface area contributed by atoms with Gasteiger partial charge in [-0.05, 0) is 49.2 Å². The van der Waals surface area contributed by atoms with Gasteiger partial charge in [-0.25, -0.2) is 0 Å². The maximum Gasteiger partial charge on any atom is 0.201 e. The highest BCUT2D eigenvalue weighted by Crippen LogP contribution is 2.39. The van der Waals surface area contributed by atoms with Crippen molar-refractivity contribution in [3.8, 4) is 23.0 Å². The second-order valence-corrected chi connectivity index (χ2v) is 5.17. The fourth-order valence-corrected chi connectivity index (χ4v) is 2.66. The Labute approximate surface area is 135 Å². The van der Waals surface area contributed by atoms with E-state index in [9.17, 15) is 9.90 Å². The number of hydrogen-bond acceptors (Lipinski definition) is 5. The lowest BCUT2D eigenvalue weighted by Gasteiger charge is -2.14. The highest BCUT2D eigenvalue weighted by atomic mass is 16.5. The minimum atomic E-state index is -0.242. The lowest BCUT2D eigenvalue weighted by molar-refractivity contribution is 0.103. The highest BCUT2D eigenvalue weighted by Gasteiger charge is 2.21. The zero-order valence-corrected chi connectivity index (χ0v) is 13.9. The number of aromatic hydroxyl groups is 1. The van der Waals surface area contributed by atoms with E-state index in [1.807, 2.05) is 13.8 Å². The molecular formula is C18H20O5. The average Bonchev–Trinajstić information content (AvgIpc) is 2.53. The van der Waals surface area contributed by atoms with Crippen LogP contribution >= 0.6 is 0 Å². The van der Waals surface area contributed by atoms with Crippen molar-refractivity contribution in [3.63, 3.8) is 0 Å². The van der Waals surface area contributed by atoms with Gasteiger partial charge in [-0.1, -0.05) is 0 Å². The molecule has 2 rings (SSSR count). The van der Waals surface area contributed by atoms with Crippen LogP contribution in [0, 0.1) is 13.8 Å². The number of rotatable bonds is 5. The fraction of sp³-hybridized carbons (Fsp3) is 0.278. The molecule has 5 heteroatoms. The number of hydrogen-bond donors (Lipinski definition) is 1. The van der Waals surface area contributed by atoms with Crippen molar-refractivity contribution in [3.05, 3.63) is 46.5 Å². The fourth-order valence-electron chi connectivity index (χ4n) is 2.66. The number of ketones is 1. The summed E-state index contributed by atoms with van der Waals surface area (Å²) in [6.45, 7) is 3.76. The summed E-state index contributed by atoms with van der Waals surface area (Å²) in [4.78, 5) is 12.8. The molecule has 122 valence electrons. The van der Waals surface area contributed by atoms with Crippen LogP contribution in [0.1, 0.15) is 27.0 Å². The van der Waals surface area contributed by atoms with Crippen molar-refractivity contribution in [2.75, 3.05) is 21.3 Å². The van der Waals surface area contributed by atoms with Gasteiger partial charge in [-0.2, -0.15) is 0 Å². The number of benzene rings is 2. The van der Waals surface area contributed by atoms with Crippen LogP contribution in [-0.4, -0.2) is 32.2 Å². The first-order chi connectivity index (χ1) is 10.9. The summed E-state index contributed by atoms with van der Waals surface area (Å²) in [6, 6.07) is 6.63. The van der Waals surface area contributed by atoms with E-state index in [1.54, 1.807) is 25.3 Å². The van der Waals surface area contributed by atoms with Gasteiger partial charge in [0.05, 0.1) is 26.9 Å². The minimum Gasteiger partial charge on any atom is -0.502 e. The van der Waals surface area contributed by atoms with E-state index in [0.29, 0.717) is 5.56 Å². The number of phenolic OH excluding ortho intramolecular Hbond substituents is 1. The molecule has 5 nitrogen and oxygen atoms in total. The Morgan fingerprint density at radius 1 is 0.913 bits per heavy atom. The van der Waals surface area contributed by atoms with Gasteiger partial charge in [-0.3, -0.25) is 4.79 Å². The Morgan fingerprint density at radius 2 is 1.48 bits per heavy atom. The number of carbonyl (C=O) groups excluding carboxylic acids is 1. The molecule has 0 bridgehead atoms. The number of ether oxygens (including phenoxy) is 3. The molecule has 1 N–H and O–H groups in total. The third kappa shape index (κ3) is 2.95. The first-order valence-electron chi connectivity index (χ1n) is 7.08. The molecule has 0 unspecified atom stereocenters. The van der Waals surface area contributed by atoms with E-state index in [-0.39, 0.29) is 28.6 Å². The Hall–Kier alpha value is -2.69. The molecular weight excluding hydrogens is 296 g/mol. The zero-order chi connectivity index (χ0) is 17.1. The quantitative estimate of drug-likeness (QED) is 0.858. The molecule has 0 fully saturated rings. The predicted octanol–water partition coefficient (Wildman–Crippen LogP) is 3.27. The standard InChI is InChI=1S/C18H20O5/c1-10-8-12(9-11(2)17(10)22-4)15(19)13-6-7-14(21-3)16(20)18(13)23-5/h6-9,20H,1-5H3. The Kier molecular flexibility index (Phi) is 4.79. The van der Waals surface area contributed by atoms with Gasteiger partial charge in [0.25, 0.3) is 0 Å². The summed E-state index contributed by atoms with van der Waals surface area (Å²) in [5.74, 6) is 0.670. The largest absolute Gasteiger partial charge is 0.502 e. The third-order valence-electron chi connectivity index (χ3n) is 3.69. The van der Waals surface area contributed by atoms with Crippen LogP contribution in [-0.2, 0) is 0 Å². The Balaban J connectivity index is 2.55. The summed E-state index contributed by atoms with van der Waals surface area (Å²) < 4.78 is 15.5. The predicted molar refractivity (Wildman–Crippen MR) is 87.1 cm³/mol. The lowest BCUT2D eigenvalue weighted by atomic mass is 9.97. The van der Waals surface area contributed by atoms with Gasteiger partial charge >= 0.3 is 0 Å². The number of phenols is 1. The molecule has 0 saturated carbocycles. The topological polar surface area (TPSA) is 65.0 Å². The third-order valence-corrected chi connectivity index (χ3v) is 3.69. The van der Waals surface area contributed by atoms with Gasteiger partial charge in [0.15, 0.2) is 17.3 Å². The maximum atomic E-state index is 12.8. The van der Waals surface area contributed by atoms with Crippen molar-refractivity contribution < 1.29 is 24.1 Å². The van der Waals surface area contributed by atoms with Gasteiger partial charge in [0.2, 0.25) is 5.75 Å². The molecule has 0 amide bonds. The highest BCUT2D eigenvalue weighted by molar-refractivity contribution is 6.11. The summed E-state index contributed by atoms with van der Waals surface area (Å²) in [5, 5.41) is 10.1. The van der Waals surface area contributed by atoms with Crippen LogP contribution in [0.25, 0.3) is 0 Å². The molecule has 2 aromatic rings. The van der Waals surface area contributed by atoms with E-state index in [0.717, 1.165) is 16.9 Å². The number of aryl methyl sites for hydroxylation is 2. The smallest absolute Gasteiger partial charge is 0.201 e. The average molecular weight is 316 g/mol. The van der Waals surface area contributed by atoms with Crippen LogP contribution in [0.3, 0.4) is 0 Å². The molecule has 0 radical (unpaired) electrons. The van der Waals surface area contributed by atoms with Gasteiger partial charge < -0.3 is 19.3 Å². The molecule has 0 saturated heterocycles. The minimum absolute atomic E-state index is 0.0977. The van der Waals surface area contributed by atoms with E-state index in [2.05, 4.69) is 0 Å². The van der Waals surface area contributed by atoms with Crippen LogP contribution in [0.5, 0.6) is 23.0 Å². The van der Waals surface area contributed by atoms with Crippen molar-refractivity contribution in [1.29, 1.82) is 0 Å². The first-order valence-corrected chi connectivity index (χ1v) is 7.08. The number of carbonyl (C=O) groups is 1. The summed E-state index contributed by atoms with van der Waals surface area (Å²) >= 11 is 0. The zero-order valence-electron chi connectivity index (χ0n) is 13.9. The Bertz CT molecular complexity index is 726. The maximum absolute atomic E-state index is 12.8. The van der Waals surface area contributed by atoms with Crippen LogP contribution in [0.4, 0.5) is 0 Å². The SMILES string of the molecule is COc1ccc(C(=O)c2cc(C)c(OC)c(C)c2)c(OC)c1O. The van der Waals surface area contributed by atoms with Crippen LogP contribution < -0.4 is 14.2 Å². The van der Waals surface area contributed by atoms with Gasteiger partial charge in [0.1, 0.15) is 5.75 Å². The molecule has 23 heavy (non-hydrogen) atoms. The normalized spacial score (nSPS) is 10.3.